The Bertz CT molecular complexity index is 358. The highest BCUT2D eigenvalue weighted by Crippen LogP contribution is 2.61. The fourth-order valence-electron chi connectivity index (χ4n) is 1.25. The van der Waals surface area contributed by atoms with Crippen LogP contribution in [-0.4, -0.2) is 13.2 Å². The average Bonchev–Trinajstić information content (AvgIpc) is 2.42. The lowest BCUT2D eigenvalue weighted by molar-refractivity contribution is 0.220. The van der Waals surface area contributed by atoms with Crippen LogP contribution in [-0.2, 0) is 19.4 Å². The van der Waals surface area contributed by atoms with Crippen molar-refractivity contribution < 1.29 is 13.6 Å². The smallest absolute Gasteiger partial charge is 0.301 e. The van der Waals surface area contributed by atoms with E-state index in [1.54, 1.807) is 0 Å². The zero-order chi connectivity index (χ0) is 13.3. The number of rotatable bonds is 9. The summed E-state index contributed by atoms with van der Waals surface area (Å²) in [6.45, 7) is 1.93. The van der Waals surface area contributed by atoms with Crippen molar-refractivity contribution >= 4 is 18.2 Å². The van der Waals surface area contributed by atoms with Gasteiger partial charge in [-0.05, 0) is 29.8 Å². The van der Waals surface area contributed by atoms with Crippen molar-refractivity contribution in [2.45, 2.75) is 32.4 Å². The zero-order valence-electron chi connectivity index (χ0n) is 11.0. The van der Waals surface area contributed by atoms with E-state index in [4.69, 9.17) is 9.05 Å². The molecule has 0 aliphatic rings. The van der Waals surface area contributed by atoms with E-state index in [1.165, 1.54) is 11.4 Å². The summed E-state index contributed by atoms with van der Waals surface area (Å²) in [5, 5.41) is 0. The predicted molar refractivity (Wildman–Crippen MR) is 77.8 cm³/mol. The van der Waals surface area contributed by atoms with Crippen LogP contribution in [0.4, 0.5) is 0 Å². The molecule has 1 rings (SSSR count). The molecular formula is C13H21O3PS. The molecule has 0 heterocycles. The zero-order valence-corrected chi connectivity index (χ0v) is 12.7. The number of hydrogen-bond acceptors (Lipinski definition) is 4. The molecule has 5 heteroatoms. The first-order chi connectivity index (χ1) is 8.70. The van der Waals surface area contributed by atoms with Crippen molar-refractivity contribution in [2.75, 3.05) is 13.2 Å². The Hall–Kier alpha value is -0.280. The molecule has 1 aromatic rings. The molecule has 0 unspecified atom stereocenters. The van der Waals surface area contributed by atoms with Crippen LogP contribution in [0, 0.1) is 0 Å². The van der Waals surface area contributed by atoms with Crippen LogP contribution in [0.1, 0.15) is 32.3 Å². The minimum atomic E-state index is -3.00. The molecule has 0 spiro atoms. The fraction of sp³-hybridized carbons (Fsp3) is 0.538. The second-order valence-corrected chi connectivity index (χ2v) is 7.95. The van der Waals surface area contributed by atoms with Crippen molar-refractivity contribution in [3.8, 4) is 0 Å². The molecule has 18 heavy (non-hydrogen) atoms. The van der Waals surface area contributed by atoms with Gasteiger partial charge in [0.25, 0.3) is 0 Å². The number of benzene rings is 1. The van der Waals surface area contributed by atoms with Crippen LogP contribution in [0.5, 0.6) is 0 Å². The van der Waals surface area contributed by atoms with Crippen LogP contribution < -0.4 is 0 Å². The van der Waals surface area contributed by atoms with Crippen molar-refractivity contribution in [3.05, 3.63) is 35.9 Å². The molecule has 0 amide bonds. The maximum absolute atomic E-state index is 12.4. The Balaban J connectivity index is 2.52. The van der Waals surface area contributed by atoms with Crippen LogP contribution in [0.25, 0.3) is 0 Å². The Morgan fingerprint density at radius 2 is 1.61 bits per heavy atom. The van der Waals surface area contributed by atoms with Crippen LogP contribution in [0.3, 0.4) is 0 Å². The summed E-state index contributed by atoms with van der Waals surface area (Å²) in [5.74, 6) is 0.644. The van der Waals surface area contributed by atoms with E-state index in [1.807, 2.05) is 44.2 Å². The van der Waals surface area contributed by atoms with E-state index >= 15 is 0 Å². The maximum atomic E-state index is 12.4. The molecule has 3 nitrogen and oxygen atoms in total. The Morgan fingerprint density at radius 1 is 1.06 bits per heavy atom. The molecule has 0 bridgehead atoms. The lowest BCUT2D eigenvalue weighted by Gasteiger charge is -2.17. The van der Waals surface area contributed by atoms with E-state index in [9.17, 15) is 4.57 Å². The summed E-state index contributed by atoms with van der Waals surface area (Å²) in [6, 6.07) is 9.93. The molecule has 0 N–H and O–H groups in total. The van der Waals surface area contributed by atoms with Gasteiger partial charge in [-0.1, -0.05) is 44.2 Å². The summed E-state index contributed by atoms with van der Waals surface area (Å²) in [5.41, 5.74) is 1.13. The summed E-state index contributed by atoms with van der Waals surface area (Å²) >= 11 is 1.27. The molecule has 1 aromatic carbocycles. The van der Waals surface area contributed by atoms with E-state index in [-0.39, 0.29) is 0 Å². The molecule has 0 aromatic heterocycles. The largest absolute Gasteiger partial charge is 0.389 e. The molecule has 0 aliphatic carbocycles. The van der Waals surface area contributed by atoms with Crippen LogP contribution in [0.2, 0.25) is 0 Å². The highest BCUT2D eigenvalue weighted by Gasteiger charge is 2.25. The second-order valence-electron chi connectivity index (χ2n) is 3.87. The van der Waals surface area contributed by atoms with Gasteiger partial charge in [0.05, 0.1) is 13.2 Å². The first-order valence-electron chi connectivity index (χ1n) is 6.27. The van der Waals surface area contributed by atoms with Gasteiger partial charge in [-0.15, -0.1) is 0 Å². The van der Waals surface area contributed by atoms with Gasteiger partial charge >= 0.3 is 6.80 Å². The third-order valence-corrected chi connectivity index (χ3v) is 5.88. The third-order valence-electron chi connectivity index (χ3n) is 2.14. The van der Waals surface area contributed by atoms with Gasteiger partial charge in [0.1, 0.15) is 0 Å². The fourth-order valence-corrected chi connectivity index (χ4v) is 4.60. The van der Waals surface area contributed by atoms with Gasteiger partial charge in [0, 0.05) is 5.75 Å². The van der Waals surface area contributed by atoms with Gasteiger partial charge in [0.2, 0.25) is 0 Å². The van der Waals surface area contributed by atoms with Gasteiger partial charge in [-0.2, -0.15) is 0 Å². The standard InChI is InChI=1S/C13H21O3PS/c1-3-10-15-17(14,16-11-4-2)18-12-13-8-6-5-7-9-13/h5-9H,3-4,10-12H2,1-2H3. The third kappa shape index (κ3) is 6.05. The van der Waals surface area contributed by atoms with Crippen LogP contribution >= 0.6 is 18.2 Å². The topological polar surface area (TPSA) is 35.5 Å². The van der Waals surface area contributed by atoms with Gasteiger partial charge in [0.15, 0.2) is 0 Å². The summed E-state index contributed by atoms with van der Waals surface area (Å²) in [4.78, 5) is 0. The molecule has 102 valence electrons. The summed E-state index contributed by atoms with van der Waals surface area (Å²) < 4.78 is 23.2. The molecule has 0 saturated heterocycles. The molecule has 0 aliphatic heterocycles. The average molecular weight is 288 g/mol. The normalized spacial score (nSPS) is 11.7. The molecule has 0 atom stereocenters. The highest BCUT2D eigenvalue weighted by atomic mass is 32.7. The van der Waals surface area contributed by atoms with Crippen molar-refractivity contribution in [1.82, 2.24) is 0 Å². The van der Waals surface area contributed by atoms with Gasteiger partial charge in [-0.25, -0.2) is 4.57 Å². The number of hydrogen-bond donors (Lipinski definition) is 0. The SMILES string of the molecule is CCCOP(=O)(OCCC)SCc1ccccc1. The van der Waals surface area contributed by atoms with Crippen LogP contribution in [0.15, 0.2) is 30.3 Å². The van der Waals surface area contributed by atoms with E-state index in [2.05, 4.69) is 0 Å². The Morgan fingerprint density at radius 3 is 2.11 bits per heavy atom. The first-order valence-corrected chi connectivity index (χ1v) is 9.41. The monoisotopic (exact) mass is 288 g/mol. The highest BCUT2D eigenvalue weighted by molar-refractivity contribution is 8.54. The summed E-state index contributed by atoms with van der Waals surface area (Å²) in [6.07, 6.45) is 1.68. The Kier molecular flexibility index (Phi) is 7.68. The molecular weight excluding hydrogens is 267 g/mol. The lowest BCUT2D eigenvalue weighted by atomic mass is 10.2. The predicted octanol–water partition coefficient (Wildman–Crippen LogP) is 4.88. The minimum absolute atomic E-state index is 0.475. The second kappa shape index (κ2) is 8.76. The minimum Gasteiger partial charge on any atom is -0.301 e. The maximum Gasteiger partial charge on any atom is 0.389 e. The lowest BCUT2D eigenvalue weighted by Crippen LogP contribution is -1.96. The molecule has 0 saturated carbocycles. The van der Waals surface area contributed by atoms with E-state index in [0.29, 0.717) is 19.0 Å². The van der Waals surface area contributed by atoms with Gasteiger partial charge < -0.3 is 9.05 Å². The quantitative estimate of drug-likeness (QED) is 0.607. The van der Waals surface area contributed by atoms with Crippen molar-refractivity contribution in [1.29, 1.82) is 0 Å². The molecule has 0 radical (unpaired) electrons. The van der Waals surface area contributed by atoms with Gasteiger partial charge in [-0.3, -0.25) is 0 Å². The molecule has 0 fully saturated rings. The Labute approximate surface area is 114 Å². The summed E-state index contributed by atoms with van der Waals surface area (Å²) in [7, 11) is 0. The first kappa shape index (κ1) is 15.8. The van der Waals surface area contributed by atoms with Crippen molar-refractivity contribution in [3.63, 3.8) is 0 Å². The van der Waals surface area contributed by atoms with E-state index < -0.39 is 6.80 Å². The van der Waals surface area contributed by atoms with Crippen molar-refractivity contribution in [2.24, 2.45) is 0 Å². The van der Waals surface area contributed by atoms with E-state index in [0.717, 1.165) is 18.4 Å².